The zero-order valence-electron chi connectivity index (χ0n) is 15.8. The van der Waals surface area contributed by atoms with Crippen molar-refractivity contribution >= 4 is 0 Å². The normalized spacial score (nSPS) is 19.1. The Morgan fingerprint density at radius 2 is 1.60 bits per heavy atom. The van der Waals surface area contributed by atoms with Crippen LogP contribution in [0.3, 0.4) is 0 Å². The Labute approximate surface area is 152 Å². The molecule has 1 aromatic carbocycles. The van der Waals surface area contributed by atoms with Gasteiger partial charge in [-0.1, -0.05) is 44.6 Å². The van der Waals surface area contributed by atoms with Gasteiger partial charge < -0.3 is 25.0 Å². The van der Waals surface area contributed by atoms with Crippen molar-refractivity contribution in [2.45, 2.75) is 57.5 Å². The molecule has 2 fully saturated rings. The summed E-state index contributed by atoms with van der Waals surface area (Å²) < 4.78 is 10.2. The fraction of sp³-hybridized carbons (Fsp3) is 0.700. The van der Waals surface area contributed by atoms with Gasteiger partial charge in [-0.05, 0) is 37.1 Å². The summed E-state index contributed by atoms with van der Waals surface area (Å²) in [6.07, 6.45) is 10.5. The number of hydrogen-bond donors (Lipinski definition) is 3. The third-order valence-corrected chi connectivity index (χ3v) is 4.38. The van der Waals surface area contributed by atoms with Gasteiger partial charge in [0.1, 0.15) is 0 Å². The summed E-state index contributed by atoms with van der Waals surface area (Å²) >= 11 is 0. The molecule has 2 aliphatic rings. The highest BCUT2D eigenvalue weighted by atomic mass is 16.5. The lowest BCUT2D eigenvalue weighted by Gasteiger charge is -2.08. The van der Waals surface area contributed by atoms with E-state index in [1.54, 1.807) is 14.2 Å². The van der Waals surface area contributed by atoms with Crippen molar-refractivity contribution in [2.24, 2.45) is 0 Å². The first kappa shape index (κ1) is 21.7. The predicted molar refractivity (Wildman–Crippen MR) is 102 cm³/mol. The second kappa shape index (κ2) is 13.9. The largest absolute Gasteiger partial charge is 0.493 e. The standard InChI is InChI=1S/C10H14O3.C6H12.C4H9NO/c1-12-9-4-3-8(5-6-11)7-10(9)13-2;1-2-4-6-5-3-1;6-4-1-2-5-3-4/h3-4,7,11H,5-6H2,1-2H3;1-6H2;4-6H,1-3H2. The lowest BCUT2D eigenvalue weighted by molar-refractivity contribution is 0.196. The molecule has 1 heterocycles. The highest BCUT2D eigenvalue weighted by Crippen LogP contribution is 2.27. The Morgan fingerprint density at radius 1 is 1.00 bits per heavy atom. The predicted octanol–water partition coefficient (Wildman–Crippen LogP) is 2.92. The second-order valence-corrected chi connectivity index (χ2v) is 6.43. The molecule has 0 aromatic heterocycles. The van der Waals surface area contributed by atoms with E-state index < -0.39 is 0 Å². The average molecular weight is 354 g/mol. The van der Waals surface area contributed by atoms with Crippen molar-refractivity contribution in [2.75, 3.05) is 33.9 Å². The van der Waals surface area contributed by atoms with Gasteiger partial charge in [0.05, 0.1) is 20.3 Å². The van der Waals surface area contributed by atoms with E-state index in [0.29, 0.717) is 17.9 Å². The van der Waals surface area contributed by atoms with Crippen LogP contribution in [0.15, 0.2) is 18.2 Å². The number of ether oxygens (including phenoxy) is 2. The minimum atomic E-state index is -0.0648. The Balaban J connectivity index is 0.000000214. The van der Waals surface area contributed by atoms with Gasteiger partial charge in [0.2, 0.25) is 0 Å². The monoisotopic (exact) mass is 353 g/mol. The van der Waals surface area contributed by atoms with Gasteiger partial charge >= 0.3 is 0 Å². The maximum atomic E-state index is 8.74. The van der Waals surface area contributed by atoms with Gasteiger partial charge in [0, 0.05) is 13.2 Å². The maximum Gasteiger partial charge on any atom is 0.160 e. The minimum Gasteiger partial charge on any atom is -0.493 e. The number of rotatable bonds is 4. The maximum absolute atomic E-state index is 8.74. The molecule has 0 radical (unpaired) electrons. The lowest BCUT2D eigenvalue weighted by atomic mass is 10.0. The van der Waals surface area contributed by atoms with E-state index in [4.69, 9.17) is 19.7 Å². The summed E-state index contributed by atoms with van der Waals surface area (Å²) in [4.78, 5) is 0. The van der Waals surface area contributed by atoms with Crippen LogP contribution in [0, 0.1) is 0 Å². The number of methoxy groups -OCH3 is 2. The van der Waals surface area contributed by atoms with E-state index in [0.717, 1.165) is 25.1 Å². The van der Waals surface area contributed by atoms with Crippen LogP contribution in [0.2, 0.25) is 0 Å². The summed E-state index contributed by atoms with van der Waals surface area (Å²) in [6, 6.07) is 5.62. The highest BCUT2D eigenvalue weighted by Gasteiger charge is 2.08. The van der Waals surface area contributed by atoms with Gasteiger partial charge in [0.15, 0.2) is 11.5 Å². The molecule has 1 atom stereocenters. The number of hydrogen-bond acceptors (Lipinski definition) is 5. The molecular formula is C20H35NO4. The Morgan fingerprint density at radius 3 is 1.96 bits per heavy atom. The fourth-order valence-corrected chi connectivity index (χ4v) is 2.87. The number of aliphatic hydroxyl groups is 2. The van der Waals surface area contributed by atoms with Crippen molar-refractivity contribution in [3.63, 3.8) is 0 Å². The van der Waals surface area contributed by atoms with Gasteiger partial charge in [0.25, 0.3) is 0 Å². The topological polar surface area (TPSA) is 71.0 Å². The quantitative estimate of drug-likeness (QED) is 0.776. The molecule has 1 aliphatic carbocycles. The molecule has 1 aromatic rings. The van der Waals surface area contributed by atoms with Gasteiger partial charge in [-0.15, -0.1) is 0 Å². The van der Waals surface area contributed by atoms with Crippen LogP contribution >= 0.6 is 0 Å². The number of nitrogens with one attached hydrogen (secondary N) is 1. The Kier molecular flexibility index (Phi) is 12.1. The highest BCUT2D eigenvalue weighted by molar-refractivity contribution is 5.42. The molecule has 1 saturated carbocycles. The molecule has 0 bridgehead atoms. The summed E-state index contributed by atoms with van der Waals surface area (Å²) in [5.41, 5.74) is 1.04. The van der Waals surface area contributed by atoms with E-state index in [9.17, 15) is 0 Å². The zero-order valence-corrected chi connectivity index (χ0v) is 15.8. The van der Waals surface area contributed by atoms with Gasteiger partial charge in [-0.25, -0.2) is 0 Å². The van der Waals surface area contributed by atoms with Crippen LogP contribution in [-0.4, -0.2) is 50.2 Å². The third kappa shape index (κ3) is 9.68. The molecule has 1 unspecified atom stereocenters. The van der Waals surface area contributed by atoms with Crippen molar-refractivity contribution in [3.05, 3.63) is 23.8 Å². The van der Waals surface area contributed by atoms with E-state index in [1.165, 1.54) is 38.5 Å². The van der Waals surface area contributed by atoms with Crippen molar-refractivity contribution < 1.29 is 19.7 Å². The summed E-state index contributed by atoms with van der Waals surface area (Å²) in [6.45, 7) is 1.93. The molecule has 25 heavy (non-hydrogen) atoms. The van der Waals surface area contributed by atoms with E-state index in [1.807, 2.05) is 18.2 Å². The van der Waals surface area contributed by atoms with Crippen LogP contribution in [0.5, 0.6) is 11.5 Å². The molecule has 5 heteroatoms. The SMILES string of the molecule is C1CCCCC1.COc1ccc(CCO)cc1OC.OC1CCNC1. The molecule has 144 valence electrons. The van der Waals surface area contributed by atoms with E-state index in [2.05, 4.69) is 5.32 Å². The molecule has 1 aliphatic heterocycles. The van der Waals surface area contributed by atoms with Crippen LogP contribution < -0.4 is 14.8 Å². The number of aliphatic hydroxyl groups excluding tert-OH is 2. The van der Waals surface area contributed by atoms with Crippen molar-refractivity contribution in [3.8, 4) is 11.5 Å². The van der Waals surface area contributed by atoms with Crippen LogP contribution in [0.1, 0.15) is 50.5 Å². The number of benzene rings is 1. The van der Waals surface area contributed by atoms with Crippen molar-refractivity contribution in [1.29, 1.82) is 0 Å². The first-order valence-electron chi connectivity index (χ1n) is 9.41. The smallest absolute Gasteiger partial charge is 0.160 e. The van der Waals surface area contributed by atoms with Gasteiger partial charge in [-0.3, -0.25) is 0 Å². The third-order valence-electron chi connectivity index (χ3n) is 4.38. The molecule has 3 N–H and O–H groups in total. The first-order chi connectivity index (χ1) is 12.2. The van der Waals surface area contributed by atoms with Crippen LogP contribution in [0.25, 0.3) is 0 Å². The molecular weight excluding hydrogens is 318 g/mol. The average Bonchev–Trinajstić information content (AvgIpc) is 3.15. The zero-order chi connectivity index (χ0) is 18.3. The Hall–Kier alpha value is -1.30. The summed E-state index contributed by atoms with van der Waals surface area (Å²) in [5.74, 6) is 1.41. The molecule has 3 rings (SSSR count). The number of β-amino-alcohol motifs (C(OH)–C–C–N with tert-alkyl or cyclic N) is 1. The summed E-state index contributed by atoms with van der Waals surface area (Å²) in [5, 5.41) is 20.4. The molecule has 0 spiro atoms. The molecule has 0 amide bonds. The van der Waals surface area contributed by atoms with Gasteiger partial charge in [-0.2, -0.15) is 0 Å². The Bertz CT molecular complexity index is 432. The fourth-order valence-electron chi connectivity index (χ4n) is 2.87. The van der Waals surface area contributed by atoms with E-state index >= 15 is 0 Å². The molecule has 1 saturated heterocycles. The minimum absolute atomic E-state index is 0.0648. The van der Waals surface area contributed by atoms with Crippen LogP contribution in [0.4, 0.5) is 0 Å². The lowest BCUT2D eigenvalue weighted by Crippen LogP contribution is -2.11. The first-order valence-corrected chi connectivity index (χ1v) is 9.41. The van der Waals surface area contributed by atoms with Crippen molar-refractivity contribution in [1.82, 2.24) is 5.32 Å². The second-order valence-electron chi connectivity index (χ2n) is 6.43. The summed E-state index contributed by atoms with van der Waals surface area (Å²) in [7, 11) is 3.20. The molecule has 5 nitrogen and oxygen atoms in total. The van der Waals surface area contributed by atoms with Crippen LogP contribution in [-0.2, 0) is 6.42 Å². The van der Waals surface area contributed by atoms with E-state index in [-0.39, 0.29) is 12.7 Å².